The number of hydrogen-bond acceptors (Lipinski definition) is 26. The predicted octanol–water partition coefficient (Wildman–Crippen LogP) is 4.81. The van der Waals surface area contributed by atoms with Crippen LogP contribution in [0.5, 0.6) is 46.0 Å². The van der Waals surface area contributed by atoms with Crippen LogP contribution in [0.1, 0.15) is 71.1 Å². The van der Waals surface area contributed by atoms with Crippen molar-refractivity contribution >= 4 is 23.9 Å². The van der Waals surface area contributed by atoms with Gasteiger partial charge in [-0.05, 0) is 110 Å². The van der Waals surface area contributed by atoms with Crippen molar-refractivity contribution in [1.82, 2.24) is 9.80 Å². The molecular formula is C56H66N6O24. The van der Waals surface area contributed by atoms with E-state index >= 15 is 0 Å². The third kappa shape index (κ3) is 16.7. The monoisotopic (exact) mass is 1210 g/mol. The summed E-state index contributed by atoms with van der Waals surface area (Å²) in [6.07, 6.45) is -9.80. The Morgan fingerprint density at radius 1 is 0.570 bits per heavy atom. The van der Waals surface area contributed by atoms with Gasteiger partial charge in [-0.2, -0.15) is 0 Å². The van der Waals surface area contributed by atoms with Crippen LogP contribution < -0.4 is 28.4 Å². The molecule has 0 aromatic heterocycles. The van der Waals surface area contributed by atoms with Crippen LogP contribution in [0.25, 0.3) is 0 Å². The molecule has 1 N–H and O–H groups in total. The van der Waals surface area contributed by atoms with Crippen molar-refractivity contribution in [3.05, 3.63) is 135 Å². The molecule has 1 saturated heterocycles. The summed E-state index contributed by atoms with van der Waals surface area (Å²) in [5.74, 6) is 0.347. The molecule has 0 saturated carbocycles. The summed E-state index contributed by atoms with van der Waals surface area (Å²) >= 11 is 0. The van der Waals surface area contributed by atoms with Gasteiger partial charge < -0.3 is 57.2 Å². The zero-order valence-corrected chi connectivity index (χ0v) is 47.9. The number of aliphatic hydroxyl groups excluding tert-OH is 1. The van der Waals surface area contributed by atoms with Gasteiger partial charge >= 0.3 is 23.9 Å². The summed E-state index contributed by atoms with van der Waals surface area (Å²) in [7, 11) is 11.1. The minimum absolute atomic E-state index is 0.000437. The fraction of sp³-hybridized carbons (Fsp3) is 0.500. The molecule has 30 heteroatoms. The fourth-order valence-corrected chi connectivity index (χ4v) is 10.3. The molecule has 0 radical (unpaired) electrons. The van der Waals surface area contributed by atoms with Crippen molar-refractivity contribution in [1.29, 1.82) is 0 Å². The number of hydrogen-bond donors (Lipinski definition) is 1. The Kier molecular flexibility index (Phi) is 22.3. The molecule has 86 heavy (non-hydrogen) atoms. The number of aliphatic hydroxyl groups is 1. The second-order valence-corrected chi connectivity index (χ2v) is 20.3. The number of carbonyl (C=O) groups is 4. The second-order valence-electron chi connectivity index (χ2n) is 20.3. The molecule has 0 aliphatic carbocycles. The van der Waals surface area contributed by atoms with Gasteiger partial charge in [0, 0.05) is 50.4 Å². The van der Waals surface area contributed by atoms with Gasteiger partial charge in [0.05, 0.1) is 28.4 Å². The highest BCUT2D eigenvalue weighted by Crippen LogP contribution is 2.52. The van der Waals surface area contributed by atoms with E-state index in [4.69, 9.17) is 52.1 Å². The molecule has 7 unspecified atom stereocenters. The van der Waals surface area contributed by atoms with Gasteiger partial charge in [0.1, 0.15) is 44.1 Å². The van der Waals surface area contributed by atoms with Gasteiger partial charge in [-0.1, -0.05) is 18.2 Å². The quantitative estimate of drug-likeness (QED) is 0.0506. The number of fused-ring (bicyclic) bond motifs is 2. The van der Waals surface area contributed by atoms with Crippen LogP contribution in [0.2, 0.25) is 0 Å². The smallest absolute Gasteiger partial charge is 0.313 e. The van der Waals surface area contributed by atoms with Crippen LogP contribution in [0.15, 0.2) is 60.7 Å². The molecule has 0 spiro atoms. The number of benzene rings is 4. The number of esters is 4. The maximum Gasteiger partial charge on any atom is 0.313 e. The van der Waals surface area contributed by atoms with Gasteiger partial charge in [-0.15, -0.1) is 0 Å². The minimum atomic E-state index is -2.22. The van der Waals surface area contributed by atoms with Gasteiger partial charge in [-0.25, -0.2) is 0 Å². The standard InChI is InChI=1S/C38H42N2O6.C18H24N4O18/c1-39-15-13-25-20-32(42-4)34-22-28(25)29(39)17-23-7-10-27(11-8-23)45-33-19-24(9-12-31(33)41-3)18-30-36-26(14-16-40(30)2)21-35(43-5)37(44-6)38(36)46-34;23-11(1-5-19(28)29)36-9-10-15(38-12(24)2-6-20(30)31)16(39-13(25)3-7-21(32)33)17(18(27)37-10)40-14(26)4-8-22(34)35/h7-12,19-22,29-30H,13-18H2,1-6H3;10,15-18,27H,1-9H2. The molecule has 464 valence electrons. The first-order valence-electron chi connectivity index (χ1n) is 27.1. The van der Waals surface area contributed by atoms with E-state index in [1.807, 2.05) is 18.2 Å². The van der Waals surface area contributed by atoms with Gasteiger partial charge in [-0.3, -0.25) is 69.4 Å². The average molecular weight is 1210 g/mol. The highest BCUT2D eigenvalue weighted by molar-refractivity contribution is 5.72. The van der Waals surface area contributed by atoms with Crippen molar-refractivity contribution in [2.45, 2.75) is 94.2 Å². The first kappa shape index (κ1) is 64.6. The maximum absolute atomic E-state index is 12.3. The average Bonchev–Trinajstić information content (AvgIpc) is 0.894. The van der Waals surface area contributed by atoms with E-state index in [9.17, 15) is 64.7 Å². The summed E-state index contributed by atoms with van der Waals surface area (Å²) in [5.41, 5.74) is 7.15. The van der Waals surface area contributed by atoms with Crippen LogP contribution in [0.3, 0.4) is 0 Å². The SMILES string of the molecule is COc1ccc2cc1Oc1ccc(cc1)CC1c3cc(c(OC)cc3CCN1C)Oc1c(OC)c(OC)cc3c1C(C2)N(C)CC3.O=C(CC[N+](=O)[O-])OCC1OC(O)C(OC(=O)CC[N+](=O)[O-])C(OC(=O)CC[N+](=O)[O-])C1OC(=O)CC[N+](=O)[O-]. The number of nitrogens with zero attached hydrogens (tertiary/aromatic N) is 6. The zero-order valence-electron chi connectivity index (χ0n) is 47.9. The fourth-order valence-electron chi connectivity index (χ4n) is 10.3. The maximum atomic E-state index is 12.3. The number of likely N-dealkylation sites (N-methyl/N-ethyl adjacent to an activating group) is 2. The molecule has 5 aliphatic rings. The molecular weight excluding hydrogens is 1140 g/mol. The normalized spacial score (nSPS) is 20.4. The Morgan fingerprint density at radius 2 is 1.07 bits per heavy atom. The van der Waals surface area contributed by atoms with Crippen LogP contribution in [-0.4, -0.2) is 178 Å². The van der Waals surface area contributed by atoms with E-state index in [0.717, 1.165) is 55.6 Å². The van der Waals surface area contributed by atoms with Crippen molar-refractivity contribution in [2.75, 3.05) is 88.4 Å². The Bertz CT molecular complexity index is 3140. The third-order valence-corrected chi connectivity index (χ3v) is 14.7. The molecule has 5 heterocycles. The van der Waals surface area contributed by atoms with Gasteiger partial charge in [0.2, 0.25) is 31.9 Å². The van der Waals surface area contributed by atoms with E-state index in [0.29, 0.717) is 40.2 Å². The number of ether oxygens (including phenoxy) is 11. The molecule has 0 amide bonds. The molecule has 30 nitrogen and oxygen atoms in total. The summed E-state index contributed by atoms with van der Waals surface area (Å²) in [4.78, 5) is 92.1. The van der Waals surface area contributed by atoms with Crippen molar-refractivity contribution in [2.24, 2.45) is 0 Å². The lowest BCUT2D eigenvalue weighted by Crippen LogP contribution is -2.62. The topological polar surface area (TPSA) is 369 Å². The third-order valence-electron chi connectivity index (χ3n) is 14.7. The van der Waals surface area contributed by atoms with Gasteiger partial charge in [0.25, 0.3) is 0 Å². The zero-order chi connectivity index (χ0) is 62.4. The van der Waals surface area contributed by atoms with Crippen molar-refractivity contribution in [3.63, 3.8) is 0 Å². The second kappa shape index (κ2) is 29.7. The van der Waals surface area contributed by atoms with E-state index in [1.165, 1.54) is 22.3 Å². The van der Waals surface area contributed by atoms with Crippen LogP contribution in [0, 0.1) is 40.5 Å². The molecule has 9 rings (SSSR count). The first-order chi connectivity index (χ1) is 41.1. The molecule has 5 aliphatic heterocycles. The van der Waals surface area contributed by atoms with E-state index in [1.54, 1.807) is 28.4 Å². The highest BCUT2D eigenvalue weighted by Gasteiger charge is 2.53. The van der Waals surface area contributed by atoms with Crippen LogP contribution in [0.4, 0.5) is 0 Å². The molecule has 6 bridgehead atoms. The Balaban J connectivity index is 0.000000249. The number of methoxy groups -OCH3 is 4. The summed E-state index contributed by atoms with van der Waals surface area (Å²) in [6.45, 7) is -2.60. The molecule has 4 aromatic rings. The van der Waals surface area contributed by atoms with Crippen molar-refractivity contribution < 1.29 is 96.1 Å². The first-order valence-corrected chi connectivity index (χ1v) is 27.1. The summed E-state index contributed by atoms with van der Waals surface area (Å²) in [6, 6.07) is 21.2. The number of rotatable bonds is 21. The number of carbonyl (C=O) groups excluding carboxylic acids is 4. The minimum Gasteiger partial charge on any atom is -0.493 e. The Hall–Kier alpha value is -9.00. The van der Waals surface area contributed by atoms with Gasteiger partial charge in [0.15, 0.2) is 59.1 Å². The summed E-state index contributed by atoms with van der Waals surface area (Å²) in [5, 5.41) is 52.7. The highest BCUT2D eigenvalue weighted by atomic mass is 16.7. The molecule has 4 aromatic carbocycles. The van der Waals surface area contributed by atoms with E-state index in [2.05, 4.69) is 66.4 Å². The van der Waals surface area contributed by atoms with E-state index in [-0.39, 0.29) is 12.1 Å². The van der Waals surface area contributed by atoms with Crippen LogP contribution >= 0.6 is 0 Å². The molecule has 7 atom stereocenters. The number of nitro groups is 4. The van der Waals surface area contributed by atoms with E-state index < -0.39 is 133 Å². The largest absolute Gasteiger partial charge is 0.493 e. The lowest BCUT2D eigenvalue weighted by Gasteiger charge is -2.42. The Morgan fingerprint density at radius 3 is 1.64 bits per heavy atom. The van der Waals surface area contributed by atoms with Crippen LogP contribution in [-0.2, 0) is 68.5 Å². The Labute approximate surface area is 491 Å². The molecule has 1 fully saturated rings. The lowest BCUT2D eigenvalue weighted by molar-refractivity contribution is -0.479. The van der Waals surface area contributed by atoms with Crippen molar-refractivity contribution in [3.8, 4) is 46.0 Å². The summed E-state index contributed by atoms with van der Waals surface area (Å²) < 4.78 is 62.2. The lowest BCUT2D eigenvalue weighted by atomic mass is 9.87. The predicted molar refractivity (Wildman–Crippen MR) is 295 cm³/mol.